The zero-order chi connectivity index (χ0) is 25.9. The Morgan fingerprint density at radius 1 is 1.06 bits per heavy atom. The molecule has 0 N–H and O–H groups in total. The van der Waals surface area contributed by atoms with Crippen molar-refractivity contribution in [1.82, 2.24) is 4.31 Å². The van der Waals surface area contributed by atoms with E-state index in [0.29, 0.717) is 30.7 Å². The first-order chi connectivity index (χ1) is 17.1. The summed E-state index contributed by atoms with van der Waals surface area (Å²) >= 11 is 0. The molecule has 0 radical (unpaired) electrons. The number of nitrogens with zero attached hydrogens (tertiary/aromatic N) is 1. The van der Waals surface area contributed by atoms with Crippen LogP contribution < -0.4 is 0 Å². The molecule has 8 heteroatoms. The molecular formula is C28H35NO6S. The molecule has 36 heavy (non-hydrogen) atoms. The molecule has 4 rings (SSSR count). The number of rotatable bonds is 7. The number of esters is 2. The Morgan fingerprint density at radius 2 is 1.81 bits per heavy atom. The average molecular weight is 514 g/mol. The average Bonchev–Trinajstić information content (AvgIpc) is 2.87. The van der Waals surface area contributed by atoms with Crippen molar-refractivity contribution in [3.8, 4) is 0 Å². The maximum absolute atomic E-state index is 13.3. The smallest absolute Gasteiger partial charge is 0.344 e. The first-order valence-corrected chi connectivity index (χ1v) is 14.1. The lowest BCUT2D eigenvalue weighted by molar-refractivity contribution is -0.159. The van der Waals surface area contributed by atoms with Gasteiger partial charge in [-0.05, 0) is 66.3 Å². The second-order valence-corrected chi connectivity index (χ2v) is 12.3. The van der Waals surface area contributed by atoms with Crippen molar-refractivity contribution in [3.63, 3.8) is 0 Å². The van der Waals surface area contributed by atoms with Gasteiger partial charge in [0.25, 0.3) is 0 Å². The summed E-state index contributed by atoms with van der Waals surface area (Å²) in [7, 11) is -3.80. The molecule has 0 saturated heterocycles. The van der Waals surface area contributed by atoms with Crippen LogP contribution in [0.2, 0.25) is 0 Å². The fraction of sp³-hybridized carbons (Fsp3) is 0.500. The first kappa shape index (κ1) is 26.4. The standard InChI is InChI=1S/C28H35NO6S/c1-19(2)25-12-11-20(3)15-26(25)35-27(30)18-34-28(31)22-9-6-10-24(16-22)36(32,33)29-14-13-21-7-4-5-8-23(21)17-29/h4-10,16,19-20,25-26H,11-15,17-18H2,1-3H3/t20-,25+,26-/m0/s1. The molecule has 2 aliphatic rings. The number of carbonyl (C=O) groups excluding carboxylic acids is 2. The largest absolute Gasteiger partial charge is 0.460 e. The number of hydrogen-bond donors (Lipinski definition) is 0. The van der Waals surface area contributed by atoms with E-state index in [1.165, 1.54) is 28.6 Å². The number of hydrogen-bond acceptors (Lipinski definition) is 6. The number of ether oxygens (including phenoxy) is 2. The summed E-state index contributed by atoms with van der Waals surface area (Å²) < 4.78 is 38.8. The van der Waals surface area contributed by atoms with E-state index in [9.17, 15) is 18.0 Å². The van der Waals surface area contributed by atoms with Gasteiger partial charge in [0.1, 0.15) is 6.10 Å². The number of fused-ring (bicyclic) bond motifs is 1. The van der Waals surface area contributed by atoms with E-state index in [0.717, 1.165) is 30.4 Å². The van der Waals surface area contributed by atoms with Crippen LogP contribution in [0.15, 0.2) is 53.4 Å². The Balaban J connectivity index is 1.38. The van der Waals surface area contributed by atoms with Crippen LogP contribution in [0.5, 0.6) is 0 Å². The van der Waals surface area contributed by atoms with Crippen LogP contribution in [0, 0.1) is 17.8 Å². The van der Waals surface area contributed by atoms with E-state index in [1.807, 2.05) is 24.3 Å². The third-order valence-corrected chi connectivity index (χ3v) is 9.21. The van der Waals surface area contributed by atoms with Gasteiger partial charge in [0.15, 0.2) is 6.61 Å². The highest BCUT2D eigenvalue weighted by Gasteiger charge is 2.34. The topological polar surface area (TPSA) is 90.0 Å². The van der Waals surface area contributed by atoms with Crippen LogP contribution in [0.1, 0.15) is 61.5 Å². The van der Waals surface area contributed by atoms with Gasteiger partial charge in [-0.25, -0.2) is 18.0 Å². The Kier molecular flexibility index (Phi) is 8.15. The highest BCUT2D eigenvalue weighted by molar-refractivity contribution is 7.89. The number of benzene rings is 2. The van der Waals surface area contributed by atoms with Crippen molar-refractivity contribution in [3.05, 3.63) is 65.2 Å². The maximum atomic E-state index is 13.3. The van der Waals surface area contributed by atoms with E-state index in [2.05, 4.69) is 20.8 Å². The van der Waals surface area contributed by atoms with Gasteiger partial charge in [-0.2, -0.15) is 4.31 Å². The second kappa shape index (κ2) is 11.1. The third kappa shape index (κ3) is 5.98. The predicted molar refractivity (Wildman–Crippen MR) is 136 cm³/mol. The summed E-state index contributed by atoms with van der Waals surface area (Å²) in [5.74, 6) is -0.159. The Morgan fingerprint density at radius 3 is 2.56 bits per heavy atom. The molecule has 1 aliphatic heterocycles. The van der Waals surface area contributed by atoms with Gasteiger partial charge in [0, 0.05) is 13.1 Å². The van der Waals surface area contributed by atoms with E-state index in [-0.39, 0.29) is 23.1 Å². The van der Waals surface area contributed by atoms with Crippen molar-refractivity contribution in [2.45, 2.75) is 64.0 Å². The normalized spacial score (nSPS) is 22.6. The molecule has 0 aromatic heterocycles. The lowest BCUT2D eigenvalue weighted by Crippen LogP contribution is -2.36. The minimum Gasteiger partial charge on any atom is -0.460 e. The minimum absolute atomic E-state index is 0.0230. The summed E-state index contributed by atoms with van der Waals surface area (Å²) in [5.41, 5.74) is 2.21. The maximum Gasteiger partial charge on any atom is 0.344 e. The summed E-state index contributed by atoms with van der Waals surface area (Å²) in [6.07, 6.45) is 3.40. The van der Waals surface area contributed by atoms with Crippen LogP contribution >= 0.6 is 0 Å². The van der Waals surface area contributed by atoms with Crippen LogP contribution in [-0.2, 0) is 37.3 Å². The lowest BCUT2D eigenvalue weighted by atomic mass is 9.75. The minimum atomic E-state index is -3.80. The van der Waals surface area contributed by atoms with Gasteiger partial charge in [-0.1, -0.05) is 57.5 Å². The van der Waals surface area contributed by atoms with Crippen LogP contribution in [-0.4, -0.2) is 43.9 Å². The molecule has 1 heterocycles. The Bertz CT molecular complexity index is 1210. The van der Waals surface area contributed by atoms with Gasteiger partial charge >= 0.3 is 11.9 Å². The monoisotopic (exact) mass is 513 g/mol. The number of carbonyl (C=O) groups is 2. The molecule has 0 unspecified atom stereocenters. The van der Waals surface area contributed by atoms with Crippen LogP contribution in [0.3, 0.4) is 0 Å². The SMILES string of the molecule is CC(C)[C@H]1CC[C@H](C)C[C@@H]1OC(=O)COC(=O)c1cccc(S(=O)(=O)N2CCc3ccccc3C2)c1. The van der Waals surface area contributed by atoms with E-state index >= 15 is 0 Å². The molecule has 2 aromatic carbocycles. The molecule has 1 fully saturated rings. The predicted octanol–water partition coefficient (Wildman–Crippen LogP) is 4.59. The van der Waals surface area contributed by atoms with E-state index in [4.69, 9.17) is 9.47 Å². The van der Waals surface area contributed by atoms with Gasteiger partial charge in [0.05, 0.1) is 10.5 Å². The highest BCUT2D eigenvalue weighted by Crippen LogP contribution is 2.35. The zero-order valence-corrected chi connectivity index (χ0v) is 22.0. The zero-order valence-electron chi connectivity index (χ0n) is 21.2. The van der Waals surface area contributed by atoms with Crippen molar-refractivity contribution >= 4 is 22.0 Å². The van der Waals surface area contributed by atoms with E-state index < -0.39 is 28.6 Å². The molecule has 2 aromatic rings. The van der Waals surface area contributed by atoms with Crippen molar-refractivity contribution in [1.29, 1.82) is 0 Å². The molecular weight excluding hydrogens is 478 g/mol. The number of sulfonamides is 1. The molecule has 0 amide bonds. The molecule has 1 aliphatic carbocycles. The summed E-state index contributed by atoms with van der Waals surface area (Å²) in [6, 6.07) is 13.6. The molecule has 194 valence electrons. The molecule has 0 bridgehead atoms. The van der Waals surface area contributed by atoms with Crippen molar-refractivity contribution in [2.24, 2.45) is 17.8 Å². The fourth-order valence-electron chi connectivity index (χ4n) is 5.27. The molecule has 1 saturated carbocycles. The lowest BCUT2D eigenvalue weighted by Gasteiger charge is -2.36. The molecule has 0 spiro atoms. The summed E-state index contributed by atoms with van der Waals surface area (Å²) in [6.45, 7) is 6.57. The van der Waals surface area contributed by atoms with Crippen molar-refractivity contribution in [2.75, 3.05) is 13.2 Å². The van der Waals surface area contributed by atoms with Gasteiger partial charge in [-0.15, -0.1) is 0 Å². The first-order valence-electron chi connectivity index (χ1n) is 12.7. The molecule has 7 nitrogen and oxygen atoms in total. The summed E-state index contributed by atoms with van der Waals surface area (Å²) in [4.78, 5) is 25.1. The van der Waals surface area contributed by atoms with Crippen molar-refractivity contribution < 1.29 is 27.5 Å². The van der Waals surface area contributed by atoms with Gasteiger partial charge < -0.3 is 9.47 Å². The fourth-order valence-corrected chi connectivity index (χ4v) is 6.73. The van der Waals surface area contributed by atoms with Gasteiger partial charge in [-0.3, -0.25) is 0 Å². The Labute approximate surface area is 213 Å². The van der Waals surface area contributed by atoms with Gasteiger partial charge in [0.2, 0.25) is 10.0 Å². The summed E-state index contributed by atoms with van der Waals surface area (Å²) in [5, 5.41) is 0. The molecule has 3 atom stereocenters. The highest BCUT2D eigenvalue weighted by atomic mass is 32.2. The quantitative estimate of drug-likeness (QED) is 0.503. The van der Waals surface area contributed by atoms with E-state index in [1.54, 1.807) is 0 Å². The second-order valence-electron chi connectivity index (χ2n) is 10.3. The van der Waals surface area contributed by atoms with Crippen LogP contribution in [0.25, 0.3) is 0 Å². The van der Waals surface area contributed by atoms with Crippen LogP contribution in [0.4, 0.5) is 0 Å². The Hall–Kier alpha value is -2.71. The third-order valence-electron chi connectivity index (χ3n) is 7.37.